The molecule has 2 aromatic rings. The van der Waals surface area contributed by atoms with Crippen LogP contribution in [0.15, 0.2) is 46.9 Å². The third kappa shape index (κ3) is 4.89. The highest BCUT2D eigenvalue weighted by Gasteiger charge is 2.10. The van der Waals surface area contributed by atoms with Gasteiger partial charge in [0.1, 0.15) is 5.82 Å². The van der Waals surface area contributed by atoms with E-state index in [-0.39, 0.29) is 17.5 Å². The van der Waals surface area contributed by atoms with Crippen LogP contribution in [0.2, 0.25) is 0 Å². The summed E-state index contributed by atoms with van der Waals surface area (Å²) in [5, 5.41) is 5.45. The molecular weight excluding hydrogens is 363 g/mol. The van der Waals surface area contributed by atoms with Crippen LogP contribution in [0.5, 0.6) is 0 Å². The van der Waals surface area contributed by atoms with Crippen LogP contribution >= 0.6 is 15.9 Å². The van der Waals surface area contributed by atoms with Gasteiger partial charge in [0, 0.05) is 27.3 Å². The first-order chi connectivity index (χ1) is 10.8. The molecule has 0 bridgehead atoms. The average molecular weight is 379 g/mol. The summed E-state index contributed by atoms with van der Waals surface area (Å²) in [7, 11) is 0. The molecule has 0 aromatic heterocycles. The molecular formula is C17H16BrFN2O2. The van der Waals surface area contributed by atoms with Crippen molar-refractivity contribution in [2.24, 2.45) is 0 Å². The Kier molecular flexibility index (Phi) is 5.50. The van der Waals surface area contributed by atoms with Gasteiger partial charge in [-0.05, 0) is 56.3 Å². The van der Waals surface area contributed by atoms with Crippen molar-refractivity contribution in [1.29, 1.82) is 0 Å². The second-order valence-electron chi connectivity index (χ2n) is 5.32. The standard InChI is InChI=1S/C17H16BrFN2O2/c1-10(2)20-16(22)11-3-5-15(6-4-11)21-17(23)12-7-13(18)9-14(19)8-12/h3-10H,1-2H3,(H,20,22)(H,21,23). The van der Waals surface area contributed by atoms with E-state index < -0.39 is 11.7 Å². The number of hydrogen-bond acceptors (Lipinski definition) is 2. The third-order valence-corrected chi connectivity index (χ3v) is 3.41. The Balaban J connectivity index is 2.08. The first kappa shape index (κ1) is 17.1. The van der Waals surface area contributed by atoms with Crippen LogP contribution in [-0.4, -0.2) is 17.9 Å². The van der Waals surface area contributed by atoms with Gasteiger partial charge in [-0.3, -0.25) is 9.59 Å². The summed E-state index contributed by atoms with van der Waals surface area (Å²) in [6, 6.07) is 10.5. The molecule has 2 rings (SSSR count). The van der Waals surface area contributed by atoms with E-state index in [9.17, 15) is 14.0 Å². The zero-order chi connectivity index (χ0) is 17.0. The van der Waals surface area contributed by atoms with Crippen LogP contribution in [0, 0.1) is 5.82 Å². The Morgan fingerprint density at radius 1 is 1.00 bits per heavy atom. The van der Waals surface area contributed by atoms with Gasteiger partial charge >= 0.3 is 0 Å². The summed E-state index contributed by atoms with van der Waals surface area (Å²) in [5.74, 6) is -1.10. The molecule has 0 atom stereocenters. The predicted molar refractivity (Wildman–Crippen MR) is 91.1 cm³/mol. The summed E-state index contributed by atoms with van der Waals surface area (Å²) in [5.41, 5.74) is 1.24. The van der Waals surface area contributed by atoms with Gasteiger partial charge in [-0.1, -0.05) is 15.9 Å². The van der Waals surface area contributed by atoms with Crippen LogP contribution < -0.4 is 10.6 Å². The first-order valence-corrected chi connectivity index (χ1v) is 7.83. The molecule has 0 aliphatic heterocycles. The Hall–Kier alpha value is -2.21. The summed E-state index contributed by atoms with van der Waals surface area (Å²) in [6.07, 6.45) is 0. The maximum absolute atomic E-state index is 13.3. The topological polar surface area (TPSA) is 58.2 Å². The van der Waals surface area contributed by atoms with Gasteiger partial charge in [-0.15, -0.1) is 0 Å². The van der Waals surface area contributed by atoms with Crippen LogP contribution in [0.25, 0.3) is 0 Å². The molecule has 2 N–H and O–H groups in total. The average Bonchev–Trinajstić information content (AvgIpc) is 2.46. The lowest BCUT2D eigenvalue weighted by Crippen LogP contribution is -2.30. The van der Waals surface area contributed by atoms with Crippen molar-refractivity contribution >= 4 is 33.4 Å². The van der Waals surface area contributed by atoms with E-state index in [1.165, 1.54) is 12.1 Å². The number of amides is 2. The zero-order valence-corrected chi connectivity index (χ0v) is 14.3. The van der Waals surface area contributed by atoms with E-state index in [1.54, 1.807) is 24.3 Å². The van der Waals surface area contributed by atoms with Crippen LogP contribution in [0.1, 0.15) is 34.6 Å². The van der Waals surface area contributed by atoms with E-state index in [0.717, 1.165) is 6.07 Å². The van der Waals surface area contributed by atoms with Crippen LogP contribution in [0.4, 0.5) is 10.1 Å². The Morgan fingerprint density at radius 2 is 1.65 bits per heavy atom. The highest BCUT2D eigenvalue weighted by atomic mass is 79.9. The van der Waals surface area contributed by atoms with Gasteiger partial charge in [0.05, 0.1) is 0 Å². The highest BCUT2D eigenvalue weighted by Crippen LogP contribution is 2.17. The molecule has 0 unspecified atom stereocenters. The molecule has 120 valence electrons. The van der Waals surface area contributed by atoms with E-state index in [4.69, 9.17) is 0 Å². The fourth-order valence-electron chi connectivity index (χ4n) is 1.94. The van der Waals surface area contributed by atoms with Gasteiger partial charge < -0.3 is 10.6 Å². The Morgan fingerprint density at radius 3 is 2.22 bits per heavy atom. The summed E-state index contributed by atoms with van der Waals surface area (Å²) in [6.45, 7) is 3.76. The van der Waals surface area contributed by atoms with Crippen molar-refractivity contribution in [3.63, 3.8) is 0 Å². The fourth-order valence-corrected chi connectivity index (χ4v) is 2.40. The predicted octanol–water partition coefficient (Wildman–Crippen LogP) is 3.98. The SMILES string of the molecule is CC(C)NC(=O)c1ccc(NC(=O)c2cc(F)cc(Br)c2)cc1. The van der Waals surface area contributed by atoms with Gasteiger partial charge in [0.15, 0.2) is 0 Å². The van der Waals surface area contributed by atoms with Crippen LogP contribution in [-0.2, 0) is 0 Å². The van der Waals surface area contributed by atoms with Gasteiger partial charge in [0.2, 0.25) is 0 Å². The van der Waals surface area contributed by atoms with E-state index in [1.807, 2.05) is 13.8 Å². The summed E-state index contributed by atoms with van der Waals surface area (Å²) in [4.78, 5) is 23.9. The normalized spacial score (nSPS) is 10.5. The molecule has 0 saturated carbocycles. The molecule has 4 nitrogen and oxygen atoms in total. The molecule has 0 fully saturated rings. The number of carbonyl (C=O) groups is 2. The van der Waals surface area contributed by atoms with Gasteiger partial charge in [-0.2, -0.15) is 0 Å². The lowest BCUT2D eigenvalue weighted by molar-refractivity contribution is 0.0942. The van der Waals surface area contributed by atoms with Crippen molar-refractivity contribution in [2.75, 3.05) is 5.32 Å². The van der Waals surface area contributed by atoms with Gasteiger partial charge in [0.25, 0.3) is 11.8 Å². The van der Waals surface area contributed by atoms with Crippen molar-refractivity contribution < 1.29 is 14.0 Å². The molecule has 0 aliphatic carbocycles. The monoisotopic (exact) mass is 378 g/mol. The third-order valence-electron chi connectivity index (χ3n) is 2.95. The zero-order valence-electron chi connectivity index (χ0n) is 12.7. The van der Waals surface area contributed by atoms with Crippen molar-refractivity contribution in [1.82, 2.24) is 5.32 Å². The molecule has 2 amide bonds. The molecule has 0 radical (unpaired) electrons. The summed E-state index contributed by atoms with van der Waals surface area (Å²) >= 11 is 3.15. The van der Waals surface area contributed by atoms with E-state index in [2.05, 4.69) is 26.6 Å². The maximum atomic E-state index is 13.3. The molecule has 0 aliphatic rings. The lowest BCUT2D eigenvalue weighted by atomic mass is 10.1. The number of benzene rings is 2. The Labute approximate surface area is 142 Å². The number of carbonyl (C=O) groups excluding carboxylic acids is 2. The molecule has 23 heavy (non-hydrogen) atoms. The smallest absolute Gasteiger partial charge is 0.255 e. The molecule has 0 saturated heterocycles. The van der Waals surface area contributed by atoms with Crippen molar-refractivity contribution in [3.05, 3.63) is 63.9 Å². The molecule has 6 heteroatoms. The van der Waals surface area contributed by atoms with Crippen LogP contribution in [0.3, 0.4) is 0 Å². The van der Waals surface area contributed by atoms with Crippen molar-refractivity contribution in [2.45, 2.75) is 19.9 Å². The second-order valence-corrected chi connectivity index (χ2v) is 6.23. The second kappa shape index (κ2) is 7.37. The minimum atomic E-state index is -0.495. The highest BCUT2D eigenvalue weighted by molar-refractivity contribution is 9.10. The number of halogens is 2. The lowest BCUT2D eigenvalue weighted by Gasteiger charge is -2.09. The number of nitrogens with one attached hydrogen (secondary N) is 2. The largest absolute Gasteiger partial charge is 0.350 e. The Bertz CT molecular complexity index is 710. The molecule has 0 spiro atoms. The van der Waals surface area contributed by atoms with Crippen molar-refractivity contribution in [3.8, 4) is 0 Å². The van der Waals surface area contributed by atoms with E-state index >= 15 is 0 Å². The van der Waals surface area contributed by atoms with E-state index in [0.29, 0.717) is 15.7 Å². The first-order valence-electron chi connectivity index (χ1n) is 7.03. The number of hydrogen-bond donors (Lipinski definition) is 2. The van der Waals surface area contributed by atoms with Gasteiger partial charge in [-0.25, -0.2) is 4.39 Å². The fraction of sp³-hybridized carbons (Fsp3) is 0.176. The minimum Gasteiger partial charge on any atom is -0.350 e. The number of anilines is 1. The number of rotatable bonds is 4. The maximum Gasteiger partial charge on any atom is 0.255 e. The quantitative estimate of drug-likeness (QED) is 0.845. The molecule has 2 aromatic carbocycles. The summed E-state index contributed by atoms with van der Waals surface area (Å²) < 4.78 is 13.8. The minimum absolute atomic E-state index is 0.0494. The molecule has 0 heterocycles.